The number of hydrogen-bond donors (Lipinski definition) is 1. The average Bonchev–Trinajstić information content (AvgIpc) is 2.93. The van der Waals surface area contributed by atoms with Crippen molar-refractivity contribution in [3.05, 3.63) is 35.5 Å². The molecule has 1 unspecified atom stereocenters. The lowest BCUT2D eigenvalue weighted by molar-refractivity contribution is 0.492. The van der Waals surface area contributed by atoms with Gasteiger partial charge in [-0.3, -0.25) is 4.98 Å². The summed E-state index contributed by atoms with van der Waals surface area (Å²) in [6, 6.07) is 6.48. The van der Waals surface area contributed by atoms with Crippen molar-refractivity contribution in [2.45, 2.75) is 45.7 Å². The van der Waals surface area contributed by atoms with E-state index < -0.39 is 0 Å². The van der Waals surface area contributed by atoms with E-state index in [4.69, 9.17) is 0 Å². The standard InChI is InChI=1S/C15H21N3S/c1-3-4-7-12(2)17-10-13-11-19-15(18-13)14-8-5-6-9-16-14/h5-6,8-9,11-12,17H,3-4,7,10H2,1-2H3. The zero-order valence-corrected chi connectivity index (χ0v) is 12.4. The summed E-state index contributed by atoms with van der Waals surface area (Å²) in [6.07, 6.45) is 5.58. The van der Waals surface area contributed by atoms with Crippen LogP contribution in [0.2, 0.25) is 0 Å². The molecule has 102 valence electrons. The summed E-state index contributed by atoms with van der Waals surface area (Å²) in [5.74, 6) is 0. The molecule has 19 heavy (non-hydrogen) atoms. The van der Waals surface area contributed by atoms with Gasteiger partial charge in [-0.05, 0) is 25.5 Å². The smallest absolute Gasteiger partial charge is 0.142 e. The Kier molecular flexibility index (Phi) is 5.48. The molecule has 2 heterocycles. The molecule has 0 amide bonds. The molecule has 0 aliphatic rings. The molecule has 3 nitrogen and oxygen atoms in total. The maximum atomic E-state index is 4.63. The Balaban J connectivity index is 1.88. The maximum absolute atomic E-state index is 4.63. The highest BCUT2D eigenvalue weighted by Gasteiger charge is 2.06. The van der Waals surface area contributed by atoms with E-state index in [2.05, 4.69) is 34.5 Å². The van der Waals surface area contributed by atoms with E-state index in [0.29, 0.717) is 6.04 Å². The highest BCUT2D eigenvalue weighted by molar-refractivity contribution is 7.13. The minimum absolute atomic E-state index is 0.556. The Bertz CT molecular complexity index is 481. The predicted octanol–water partition coefficient (Wildman–Crippen LogP) is 3.87. The van der Waals surface area contributed by atoms with E-state index in [1.54, 1.807) is 11.3 Å². The molecule has 2 rings (SSSR count). The number of pyridine rings is 1. The van der Waals surface area contributed by atoms with E-state index >= 15 is 0 Å². The minimum Gasteiger partial charge on any atom is -0.309 e. The molecule has 0 radical (unpaired) electrons. The van der Waals surface area contributed by atoms with Crippen LogP contribution in [0.4, 0.5) is 0 Å². The molecule has 0 aliphatic heterocycles. The van der Waals surface area contributed by atoms with Crippen molar-refractivity contribution >= 4 is 11.3 Å². The fraction of sp³-hybridized carbons (Fsp3) is 0.467. The molecule has 1 N–H and O–H groups in total. The zero-order valence-electron chi connectivity index (χ0n) is 11.6. The number of nitrogens with zero attached hydrogens (tertiary/aromatic N) is 2. The molecule has 2 aromatic heterocycles. The van der Waals surface area contributed by atoms with Crippen LogP contribution in [0.3, 0.4) is 0 Å². The molecular formula is C15H21N3S. The second-order valence-electron chi connectivity index (χ2n) is 4.78. The van der Waals surface area contributed by atoms with Crippen molar-refractivity contribution in [1.82, 2.24) is 15.3 Å². The Hall–Kier alpha value is -1.26. The van der Waals surface area contributed by atoms with Crippen molar-refractivity contribution in [2.75, 3.05) is 0 Å². The Morgan fingerprint density at radius 1 is 1.37 bits per heavy atom. The lowest BCUT2D eigenvalue weighted by Gasteiger charge is -2.11. The average molecular weight is 275 g/mol. The van der Waals surface area contributed by atoms with E-state index in [1.807, 2.05) is 24.4 Å². The fourth-order valence-corrected chi connectivity index (χ4v) is 2.68. The van der Waals surface area contributed by atoms with Crippen LogP contribution in [0.1, 0.15) is 38.8 Å². The summed E-state index contributed by atoms with van der Waals surface area (Å²) in [7, 11) is 0. The summed E-state index contributed by atoms with van der Waals surface area (Å²) in [6.45, 7) is 5.31. The fourth-order valence-electron chi connectivity index (χ4n) is 1.89. The highest BCUT2D eigenvalue weighted by Crippen LogP contribution is 2.21. The third kappa shape index (κ3) is 4.40. The number of rotatable bonds is 7. The lowest BCUT2D eigenvalue weighted by Crippen LogP contribution is -2.25. The molecular weight excluding hydrogens is 254 g/mol. The zero-order chi connectivity index (χ0) is 13.5. The first-order chi connectivity index (χ1) is 9.29. The first-order valence-electron chi connectivity index (χ1n) is 6.88. The van der Waals surface area contributed by atoms with Gasteiger partial charge in [-0.25, -0.2) is 4.98 Å². The SMILES string of the molecule is CCCCC(C)NCc1csc(-c2ccccn2)n1. The number of hydrogen-bond acceptors (Lipinski definition) is 4. The van der Waals surface area contributed by atoms with E-state index in [0.717, 1.165) is 22.9 Å². The summed E-state index contributed by atoms with van der Waals surface area (Å²) in [5.41, 5.74) is 2.06. The van der Waals surface area contributed by atoms with Gasteiger partial charge >= 0.3 is 0 Å². The van der Waals surface area contributed by atoms with Crippen LogP contribution in [-0.2, 0) is 6.54 Å². The lowest BCUT2D eigenvalue weighted by atomic mass is 10.1. The summed E-state index contributed by atoms with van der Waals surface area (Å²) in [4.78, 5) is 8.95. The quantitative estimate of drug-likeness (QED) is 0.833. The molecule has 0 saturated carbocycles. The first-order valence-corrected chi connectivity index (χ1v) is 7.76. The number of aromatic nitrogens is 2. The topological polar surface area (TPSA) is 37.8 Å². The molecule has 0 bridgehead atoms. The molecule has 2 aromatic rings. The molecule has 0 spiro atoms. The van der Waals surface area contributed by atoms with Crippen LogP contribution in [0.5, 0.6) is 0 Å². The van der Waals surface area contributed by atoms with Crippen LogP contribution in [0.25, 0.3) is 10.7 Å². The summed E-state index contributed by atoms with van der Waals surface area (Å²) in [5, 5.41) is 6.64. The minimum atomic E-state index is 0.556. The van der Waals surface area contributed by atoms with Gasteiger partial charge in [-0.1, -0.05) is 25.8 Å². The van der Waals surface area contributed by atoms with Crippen LogP contribution >= 0.6 is 11.3 Å². The van der Waals surface area contributed by atoms with Gasteiger partial charge in [0.25, 0.3) is 0 Å². The third-order valence-electron chi connectivity index (χ3n) is 3.06. The van der Waals surface area contributed by atoms with Crippen molar-refractivity contribution in [2.24, 2.45) is 0 Å². The van der Waals surface area contributed by atoms with Gasteiger partial charge in [0, 0.05) is 24.2 Å². The summed E-state index contributed by atoms with van der Waals surface area (Å²) < 4.78 is 0. The van der Waals surface area contributed by atoms with E-state index in [1.165, 1.54) is 19.3 Å². The van der Waals surface area contributed by atoms with Gasteiger partial charge < -0.3 is 5.32 Å². The second kappa shape index (κ2) is 7.36. The molecule has 0 fully saturated rings. The van der Waals surface area contributed by atoms with Gasteiger partial charge in [-0.15, -0.1) is 11.3 Å². The van der Waals surface area contributed by atoms with Crippen LogP contribution < -0.4 is 5.32 Å². The first kappa shape index (κ1) is 14.2. The van der Waals surface area contributed by atoms with Crippen molar-refractivity contribution in [1.29, 1.82) is 0 Å². The molecule has 0 saturated heterocycles. The molecule has 1 atom stereocenters. The Labute approximate surface area is 119 Å². The van der Waals surface area contributed by atoms with Gasteiger partial charge in [0.15, 0.2) is 0 Å². The molecule has 0 aliphatic carbocycles. The van der Waals surface area contributed by atoms with Crippen LogP contribution in [0, 0.1) is 0 Å². The Morgan fingerprint density at radius 3 is 3.00 bits per heavy atom. The normalized spacial score (nSPS) is 12.5. The number of nitrogens with one attached hydrogen (secondary N) is 1. The van der Waals surface area contributed by atoms with E-state index in [-0.39, 0.29) is 0 Å². The van der Waals surface area contributed by atoms with Gasteiger partial charge in [-0.2, -0.15) is 0 Å². The van der Waals surface area contributed by atoms with Gasteiger partial charge in [0.05, 0.1) is 11.4 Å². The number of unbranched alkanes of at least 4 members (excludes halogenated alkanes) is 1. The highest BCUT2D eigenvalue weighted by atomic mass is 32.1. The largest absolute Gasteiger partial charge is 0.309 e. The maximum Gasteiger partial charge on any atom is 0.142 e. The second-order valence-corrected chi connectivity index (χ2v) is 5.64. The summed E-state index contributed by atoms with van der Waals surface area (Å²) >= 11 is 1.66. The third-order valence-corrected chi connectivity index (χ3v) is 3.97. The van der Waals surface area contributed by atoms with Crippen molar-refractivity contribution in [3.8, 4) is 10.7 Å². The van der Waals surface area contributed by atoms with Gasteiger partial charge in [0.1, 0.15) is 5.01 Å². The predicted molar refractivity (Wildman–Crippen MR) is 81.2 cm³/mol. The van der Waals surface area contributed by atoms with Crippen molar-refractivity contribution in [3.63, 3.8) is 0 Å². The van der Waals surface area contributed by atoms with Crippen LogP contribution in [0.15, 0.2) is 29.8 Å². The number of thiazole rings is 1. The molecule has 4 heteroatoms. The van der Waals surface area contributed by atoms with Gasteiger partial charge in [0.2, 0.25) is 0 Å². The van der Waals surface area contributed by atoms with Crippen LogP contribution in [-0.4, -0.2) is 16.0 Å². The molecule has 0 aromatic carbocycles. The Morgan fingerprint density at radius 2 is 2.26 bits per heavy atom. The monoisotopic (exact) mass is 275 g/mol. The van der Waals surface area contributed by atoms with E-state index in [9.17, 15) is 0 Å². The van der Waals surface area contributed by atoms with Crippen molar-refractivity contribution < 1.29 is 0 Å².